The maximum absolute atomic E-state index is 12.6. The van der Waals surface area contributed by atoms with Crippen LogP contribution in [0.25, 0.3) is 10.9 Å². The van der Waals surface area contributed by atoms with Crippen molar-refractivity contribution in [3.05, 3.63) is 59.5 Å². The Kier molecular flexibility index (Phi) is 3.53. The number of fused-ring (bicyclic) bond motifs is 2. The summed E-state index contributed by atoms with van der Waals surface area (Å²) in [6.07, 6.45) is 2.20. The van der Waals surface area contributed by atoms with Crippen molar-refractivity contribution >= 4 is 28.4 Å². The SMILES string of the molecule is Cc1cc2cc(C(=O)N[C@H]3Cc4ccccc4N(C)C3=O)[nH]c2cn1. The number of aromatic nitrogens is 2. The molecule has 3 aromatic rings. The Balaban J connectivity index is 1.59. The highest BCUT2D eigenvalue weighted by molar-refractivity contribution is 6.04. The highest BCUT2D eigenvalue weighted by Gasteiger charge is 2.31. The fourth-order valence-corrected chi connectivity index (χ4v) is 3.28. The van der Waals surface area contributed by atoms with Crippen molar-refractivity contribution in [2.45, 2.75) is 19.4 Å². The summed E-state index contributed by atoms with van der Waals surface area (Å²) in [7, 11) is 1.73. The number of hydrogen-bond donors (Lipinski definition) is 2. The summed E-state index contributed by atoms with van der Waals surface area (Å²) in [4.78, 5) is 34.0. The predicted octanol–water partition coefficient (Wildman–Crippen LogP) is 2.19. The normalized spacial score (nSPS) is 16.8. The maximum atomic E-state index is 12.6. The van der Waals surface area contributed by atoms with Crippen LogP contribution in [-0.4, -0.2) is 34.9 Å². The smallest absolute Gasteiger partial charge is 0.268 e. The molecule has 0 bridgehead atoms. The number of para-hydroxylation sites is 1. The van der Waals surface area contributed by atoms with Crippen LogP contribution in [0.1, 0.15) is 21.7 Å². The Labute approximate surface area is 144 Å². The predicted molar refractivity (Wildman–Crippen MR) is 95.6 cm³/mol. The number of pyridine rings is 1. The van der Waals surface area contributed by atoms with Crippen molar-refractivity contribution < 1.29 is 9.59 Å². The minimum atomic E-state index is -0.571. The molecule has 2 aromatic heterocycles. The van der Waals surface area contributed by atoms with Crippen LogP contribution in [0.15, 0.2) is 42.6 Å². The van der Waals surface area contributed by atoms with Gasteiger partial charge < -0.3 is 15.2 Å². The largest absolute Gasteiger partial charge is 0.349 e. The number of rotatable bonds is 2. The van der Waals surface area contributed by atoms with Crippen molar-refractivity contribution in [1.82, 2.24) is 15.3 Å². The van der Waals surface area contributed by atoms with Gasteiger partial charge in [0.25, 0.3) is 5.91 Å². The molecule has 2 amide bonds. The summed E-state index contributed by atoms with van der Waals surface area (Å²) < 4.78 is 0. The van der Waals surface area contributed by atoms with Crippen LogP contribution in [0.3, 0.4) is 0 Å². The quantitative estimate of drug-likeness (QED) is 0.754. The zero-order valence-electron chi connectivity index (χ0n) is 14.0. The fraction of sp³-hybridized carbons (Fsp3) is 0.211. The van der Waals surface area contributed by atoms with E-state index >= 15 is 0 Å². The van der Waals surface area contributed by atoms with Gasteiger partial charge >= 0.3 is 0 Å². The number of carbonyl (C=O) groups excluding carboxylic acids is 2. The van der Waals surface area contributed by atoms with Gasteiger partial charge in [-0.25, -0.2) is 0 Å². The third kappa shape index (κ3) is 2.65. The lowest BCUT2D eigenvalue weighted by Crippen LogP contribution is -2.51. The van der Waals surface area contributed by atoms with E-state index in [2.05, 4.69) is 15.3 Å². The van der Waals surface area contributed by atoms with Gasteiger partial charge in [0.15, 0.2) is 0 Å². The summed E-state index contributed by atoms with van der Waals surface area (Å²) in [6.45, 7) is 1.90. The monoisotopic (exact) mass is 334 g/mol. The molecule has 1 atom stereocenters. The van der Waals surface area contributed by atoms with Crippen molar-refractivity contribution in [2.75, 3.05) is 11.9 Å². The van der Waals surface area contributed by atoms with Gasteiger partial charge in [0.2, 0.25) is 5.91 Å². The highest BCUT2D eigenvalue weighted by atomic mass is 16.2. The number of H-pyrrole nitrogens is 1. The van der Waals surface area contributed by atoms with E-state index in [1.807, 2.05) is 37.3 Å². The Morgan fingerprint density at radius 3 is 2.96 bits per heavy atom. The summed E-state index contributed by atoms with van der Waals surface area (Å²) in [5.74, 6) is -0.402. The summed E-state index contributed by atoms with van der Waals surface area (Å²) in [6, 6.07) is 10.9. The zero-order valence-corrected chi connectivity index (χ0v) is 14.0. The Morgan fingerprint density at radius 2 is 2.12 bits per heavy atom. The first-order valence-electron chi connectivity index (χ1n) is 8.14. The lowest BCUT2D eigenvalue weighted by molar-refractivity contribution is -0.120. The van der Waals surface area contributed by atoms with Gasteiger partial charge in [-0.05, 0) is 30.7 Å². The topological polar surface area (TPSA) is 78.1 Å². The van der Waals surface area contributed by atoms with E-state index in [0.29, 0.717) is 12.1 Å². The minimum Gasteiger partial charge on any atom is -0.349 e. The molecule has 0 aliphatic carbocycles. The molecule has 0 saturated heterocycles. The van der Waals surface area contributed by atoms with Crippen molar-refractivity contribution in [2.24, 2.45) is 0 Å². The van der Waals surface area contributed by atoms with E-state index in [4.69, 9.17) is 0 Å². The molecule has 0 unspecified atom stereocenters. The fourth-order valence-electron chi connectivity index (χ4n) is 3.28. The maximum Gasteiger partial charge on any atom is 0.268 e. The lowest BCUT2D eigenvalue weighted by atomic mass is 9.97. The van der Waals surface area contributed by atoms with Gasteiger partial charge in [0.1, 0.15) is 11.7 Å². The average molecular weight is 334 g/mol. The molecule has 2 N–H and O–H groups in total. The Hall–Kier alpha value is -3.15. The first-order chi connectivity index (χ1) is 12.0. The van der Waals surface area contributed by atoms with Crippen LogP contribution < -0.4 is 10.2 Å². The molecule has 4 rings (SSSR count). The standard InChI is InChI=1S/C19H18N4O2/c1-11-7-13-9-14(21-16(13)10-20-11)18(24)22-15-8-12-5-3-4-6-17(12)23(2)19(15)25/h3-7,9-10,15,21H,8H2,1-2H3,(H,22,24)/t15-/m0/s1. The van der Waals surface area contributed by atoms with Gasteiger partial charge in [-0.2, -0.15) is 0 Å². The molecule has 6 heteroatoms. The molecule has 0 fully saturated rings. The zero-order chi connectivity index (χ0) is 17.6. The molecule has 25 heavy (non-hydrogen) atoms. The molecule has 1 aromatic carbocycles. The lowest BCUT2D eigenvalue weighted by Gasteiger charge is -2.31. The van der Waals surface area contributed by atoms with Crippen LogP contribution in [0.4, 0.5) is 5.69 Å². The van der Waals surface area contributed by atoms with Crippen LogP contribution in [0.5, 0.6) is 0 Å². The summed E-state index contributed by atoms with van der Waals surface area (Å²) >= 11 is 0. The summed E-state index contributed by atoms with van der Waals surface area (Å²) in [5.41, 5.74) is 4.06. The number of hydrogen-bond acceptors (Lipinski definition) is 3. The number of aromatic amines is 1. The number of likely N-dealkylation sites (N-methyl/N-ethyl adjacent to an activating group) is 1. The van der Waals surface area contributed by atoms with Crippen LogP contribution >= 0.6 is 0 Å². The van der Waals surface area contributed by atoms with Crippen LogP contribution in [-0.2, 0) is 11.2 Å². The minimum absolute atomic E-state index is 0.110. The van der Waals surface area contributed by atoms with Crippen molar-refractivity contribution in [3.8, 4) is 0 Å². The molecular weight excluding hydrogens is 316 g/mol. The molecule has 126 valence electrons. The number of nitrogens with one attached hydrogen (secondary N) is 2. The van der Waals surface area contributed by atoms with Crippen molar-refractivity contribution in [1.29, 1.82) is 0 Å². The second-order valence-corrected chi connectivity index (χ2v) is 6.35. The third-order valence-corrected chi connectivity index (χ3v) is 4.60. The second kappa shape index (κ2) is 5.73. The molecule has 1 aliphatic rings. The molecule has 0 radical (unpaired) electrons. The van der Waals surface area contributed by atoms with E-state index in [1.54, 1.807) is 24.2 Å². The number of anilines is 1. The average Bonchev–Trinajstić information content (AvgIpc) is 3.02. The first kappa shape index (κ1) is 15.4. The van der Waals surface area contributed by atoms with Gasteiger partial charge in [-0.3, -0.25) is 14.6 Å². The summed E-state index contributed by atoms with van der Waals surface area (Å²) in [5, 5.41) is 3.78. The Morgan fingerprint density at radius 1 is 1.32 bits per heavy atom. The van der Waals surface area contributed by atoms with Gasteiger partial charge in [0.05, 0.1) is 11.7 Å². The highest BCUT2D eigenvalue weighted by Crippen LogP contribution is 2.26. The first-order valence-corrected chi connectivity index (χ1v) is 8.14. The van der Waals surface area contributed by atoms with E-state index in [1.165, 1.54) is 0 Å². The van der Waals surface area contributed by atoms with Crippen LogP contribution in [0.2, 0.25) is 0 Å². The third-order valence-electron chi connectivity index (χ3n) is 4.60. The van der Waals surface area contributed by atoms with Crippen molar-refractivity contribution in [3.63, 3.8) is 0 Å². The number of aryl methyl sites for hydroxylation is 1. The van der Waals surface area contributed by atoms with E-state index in [9.17, 15) is 9.59 Å². The Bertz CT molecular complexity index is 992. The number of nitrogens with zero attached hydrogens (tertiary/aromatic N) is 2. The molecule has 1 aliphatic heterocycles. The number of carbonyl (C=O) groups is 2. The molecule has 0 saturated carbocycles. The van der Waals surface area contributed by atoms with Gasteiger partial charge in [0, 0.05) is 30.2 Å². The molecule has 0 spiro atoms. The number of amides is 2. The second-order valence-electron chi connectivity index (χ2n) is 6.35. The molecular formula is C19H18N4O2. The molecule has 6 nitrogen and oxygen atoms in total. The van der Waals surface area contributed by atoms with E-state index < -0.39 is 6.04 Å². The van der Waals surface area contributed by atoms with Gasteiger partial charge in [-0.15, -0.1) is 0 Å². The molecule has 3 heterocycles. The number of benzene rings is 1. The van der Waals surface area contributed by atoms with Gasteiger partial charge in [-0.1, -0.05) is 18.2 Å². The van der Waals surface area contributed by atoms with E-state index in [-0.39, 0.29) is 11.8 Å². The van der Waals surface area contributed by atoms with E-state index in [0.717, 1.165) is 27.8 Å². The van der Waals surface area contributed by atoms with Crippen LogP contribution in [0, 0.1) is 6.92 Å².